The van der Waals surface area contributed by atoms with Gasteiger partial charge in [-0.2, -0.15) is 0 Å². The molecule has 14 heavy (non-hydrogen) atoms. The third-order valence-corrected chi connectivity index (χ3v) is 2.32. The Balaban J connectivity index is 3.95. The van der Waals surface area contributed by atoms with Gasteiger partial charge in [0.2, 0.25) is 0 Å². The van der Waals surface area contributed by atoms with Crippen LogP contribution in [-0.2, 0) is 4.79 Å². The number of unbranched alkanes of at least 4 members (excludes halogenated alkanes) is 2. The van der Waals surface area contributed by atoms with Crippen LogP contribution in [0.1, 0.15) is 46.0 Å². The zero-order chi connectivity index (χ0) is 11.2. The standard InChI is InChI=1S/C10H18F2O2/c1-3-4-5-6-10(11,12)8(2)7-9(13)14/h8H,3-7H2,1-2H3,(H,13,14). The Morgan fingerprint density at radius 2 is 2.00 bits per heavy atom. The van der Waals surface area contributed by atoms with Crippen LogP contribution in [0.4, 0.5) is 8.78 Å². The lowest BCUT2D eigenvalue weighted by Crippen LogP contribution is -2.27. The molecule has 0 aromatic carbocycles. The average molecular weight is 208 g/mol. The first-order chi connectivity index (χ1) is 6.40. The monoisotopic (exact) mass is 208 g/mol. The summed E-state index contributed by atoms with van der Waals surface area (Å²) >= 11 is 0. The highest BCUT2D eigenvalue weighted by molar-refractivity contribution is 5.67. The molecule has 0 saturated heterocycles. The lowest BCUT2D eigenvalue weighted by atomic mass is 9.95. The van der Waals surface area contributed by atoms with Gasteiger partial charge in [-0.25, -0.2) is 8.78 Å². The highest BCUT2D eigenvalue weighted by Crippen LogP contribution is 2.32. The van der Waals surface area contributed by atoms with Gasteiger partial charge in [0.1, 0.15) is 0 Å². The zero-order valence-corrected chi connectivity index (χ0v) is 8.72. The minimum Gasteiger partial charge on any atom is -0.481 e. The number of carbonyl (C=O) groups is 1. The van der Waals surface area contributed by atoms with Gasteiger partial charge in [-0.15, -0.1) is 0 Å². The Hall–Kier alpha value is -0.670. The molecule has 4 heteroatoms. The fraction of sp³-hybridized carbons (Fsp3) is 0.900. The van der Waals surface area contributed by atoms with Crippen molar-refractivity contribution < 1.29 is 18.7 Å². The van der Waals surface area contributed by atoms with E-state index in [9.17, 15) is 13.6 Å². The summed E-state index contributed by atoms with van der Waals surface area (Å²) in [6.45, 7) is 3.24. The molecule has 0 aliphatic heterocycles. The average Bonchev–Trinajstić information content (AvgIpc) is 2.03. The van der Waals surface area contributed by atoms with E-state index in [0.29, 0.717) is 6.42 Å². The van der Waals surface area contributed by atoms with Crippen LogP contribution < -0.4 is 0 Å². The predicted molar refractivity (Wildman–Crippen MR) is 50.5 cm³/mol. The maximum absolute atomic E-state index is 13.2. The Labute approximate surface area is 83.3 Å². The first kappa shape index (κ1) is 13.3. The van der Waals surface area contributed by atoms with Gasteiger partial charge in [-0.05, 0) is 6.42 Å². The van der Waals surface area contributed by atoms with Crippen molar-refractivity contribution in [1.82, 2.24) is 0 Å². The fourth-order valence-corrected chi connectivity index (χ4v) is 1.27. The number of hydrogen-bond donors (Lipinski definition) is 1. The Morgan fingerprint density at radius 3 is 2.43 bits per heavy atom. The number of alkyl halides is 2. The van der Waals surface area contributed by atoms with Crippen LogP contribution >= 0.6 is 0 Å². The van der Waals surface area contributed by atoms with E-state index < -0.39 is 24.2 Å². The van der Waals surface area contributed by atoms with Crippen LogP contribution in [0.2, 0.25) is 0 Å². The van der Waals surface area contributed by atoms with Crippen LogP contribution in [0.5, 0.6) is 0 Å². The number of rotatable bonds is 7. The molecule has 0 rings (SSSR count). The molecule has 0 heterocycles. The molecule has 0 spiro atoms. The molecule has 0 bridgehead atoms. The van der Waals surface area contributed by atoms with Crippen LogP contribution in [0.15, 0.2) is 0 Å². The molecular weight excluding hydrogens is 190 g/mol. The van der Waals surface area contributed by atoms with E-state index in [0.717, 1.165) is 12.8 Å². The molecular formula is C10H18F2O2. The lowest BCUT2D eigenvalue weighted by Gasteiger charge is -2.22. The third-order valence-electron chi connectivity index (χ3n) is 2.32. The van der Waals surface area contributed by atoms with Gasteiger partial charge < -0.3 is 5.11 Å². The number of carboxylic acid groups (broad SMARTS) is 1. The predicted octanol–water partition coefficient (Wildman–Crippen LogP) is 3.31. The molecule has 1 unspecified atom stereocenters. The molecule has 0 aliphatic carbocycles. The summed E-state index contributed by atoms with van der Waals surface area (Å²) in [7, 11) is 0. The van der Waals surface area contributed by atoms with Crippen LogP contribution in [0, 0.1) is 5.92 Å². The summed E-state index contributed by atoms with van der Waals surface area (Å²) in [5.41, 5.74) is 0. The van der Waals surface area contributed by atoms with E-state index in [1.54, 1.807) is 0 Å². The van der Waals surface area contributed by atoms with Crippen molar-refractivity contribution in [2.45, 2.75) is 51.9 Å². The van der Waals surface area contributed by atoms with Crippen molar-refractivity contribution in [3.8, 4) is 0 Å². The van der Waals surface area contributed by atoms with Gasteiger partial charge in [-0.3, -0.25) is 4.79 Å². The smallest absolute Gasteiger partial charge is 0.303 e. The summed E-state index contributed by atoms with van der Waals surface area (Å²) in [5.74, 6) is -5.07. The van der Waals surface area contributed by atoms with E-state index >= 15 is 0 Å². The maximum Gasteiger partial charge on any atom is 0.303 e. The van der Waals surface area contributed by atoms with E-state index in [-0.39, 0.29) is 6.42 Å². The molecule has 2 nitrogen and oxygen atoms in total. The van der Waals surface area contributed by atoms with Gasteiger partial charge in [0, 0.05) is 12.3 Å². The van der Waals surface area contributed by atoms with Gasteiger partial charge in [0.25, 0.3) is 5.92 Å². The number of aliphatic carboxylic acids is 1. The summed E-state index contributed by atoms with van der Waals surface area (Å²) in [4.78, 5) is 10.3. The summed E-state index contributed by atoms with van der Waals surface area (Å²) in [6, 6.07) is 0. The number of halogens is 2. The minimum absolute atomic E-state index is 0.199. The van der Waals surface area contributed by atoms with Crippen molar-refractivity contribution in [2.75, 3.05) is 0 Å². The Bertz CT molecular complexity index is 181. The highest BCUT2D eigenvalue weighted by Gasteiger charge is 2.36. The molecule has 0 aromatic rings. The maximum atomic E-state index is 13.2. The van der Waals surface area contributed by atoms with E-state index in [1.165, 1.54) is 6.92 Å². The molecule has 1 N–H and O–H groups in total. The van der Waals surface area contributed by atoms with Gasteiger partial charge in [-0.1, -0.05) is 26.7 Å². The van der Waals surface area contributed by atoms with E-state index in [2.05, 4.69) is 0 Å². The summed E-state index contributed by atoms with van der Waals surface area (Å²) < 4.78 is 26.5. The first-order valence-electron chi connectivity index (χ1n) is 4.99. The molecule has 1 atom stereocenters. The largest absolute Gasteiger partial charge is 0.481 e. The second-order valence-electron chi connectivity index (χ2n) is 3.72. The first-order valence-corrected chi connectivity index (χ1v) is 4.99. The number of carboxylic acids is 1. The molecule has 0 aromatic heterocycles. The topological polar surface area (TPSA) is 37.3 Å². The SMILES string of the molecule is CCCCCC(F)(F)C(C)CC(=O)O. The van der Waals surface area contributed by atoms with Crippen molar-refractivity contribution in [3.63, 3.8) is 0 Å². The molecule has 0 fully saturated rings. The van der Waals surface area contributed by atoms with Crippen LogP contribution in [-0.4, -0.2) is 17.0 Å². The van der Waals surface area contributed by atoms with Gasteiger partial charge in [0.15, 0.2) is 0 Å². The fourth-order valence-electron chi connectivity index (χ4n) is 1.27. The second-order valence-corrected chi connectivity index (χ2v) is 3.72. The zero-order valence-electron chi connectivity index (χ0n) is 8.72. The lowest BCUT2D eigenvalue weighted by molar-refractivity contribution is -0.143. The van der Waals surface area contributed by atoms with Crippen molar-refractivity contribution >= 4 is 5.97 Å². The Kier molecular flexibility index (Phi) is 5.65. The van der Waals surface area contributed by atoms with Crippen LogP contribution in [0.3, 0.4) is 0 Å². The van der Waals surface area contributed by atoms with Crippen LogP contribution in [0.25, 0.3) is 0 Å². The minimum atomic E-state index is -2.84. The second kappa shape index (κ2) is 5.94. The number of hydrogen-bond acceptors (Lipinski definition) is 1. The van der Waals surface area contributed by atoms with Crippen molar-refractivity contribution in [3.05, 3.63) is 0 Å². The molecule has 0 radical (unpaired) electrons. The third kappa shape index (κ3) is 5.14. The highest BCUT2D eigenvalue weighted by atomic mass is 19.3. The Morgan fingerprint density at radius 1 is 1.43 bits per heavy atom. The van der Waals surface area contributed by atoms with Crippen molar-refractivity contribution in [1.29, 1.82) is 0 Å². The molecule has 0 amide bonds. The normalized spacial score (nSPS) is 14.0. The molecule has 0 aliphatic rings. The van der Waals surface area contributed by atoms with Gasteiger partial charge >= 0.3 is 5.97 Å². The van der Waals surface area contributed by atoms with E-state index in [4.69, 9.17) is 5.11 Å². The summed E-state index contributed by atoms with van der Waals surface area (Å²) in [5, 5.41) is 8.39. The van der Waals surface area contributed by atoms with E-state index in [1.807, 2.05) is 6.92 Å². The van der Waals surface area contributed by atoms with Gasteiger partial charge in [0.05, 0.1) is 6.42 Å². The van der Waals surface area contributed by atoms with Crippen molar-refractivity contribution in [2.24, 2.45) is 5.92 Å². The molecule has 84 valence electrons. The quantitative estimate of drug-likeness (QED) is 0.652. The summed E-state index contributed by atoms with van der Waals surface area (Å²) in [6.07, 6.45) is 1.47. The molecule has 0 saturated carbocycles.